The molecule has 0 saturated carbocycles. The molecule has 0 spiro atoms. The van der Waals surface area contributed by atoms with Crippen LogP contribution in [0.15, 0.2) is 70.8 Å². The molecule has 1 aromatic carbocycles. The van der Waals surface area contributed by atoms with Crippen LogP contribution in [0.4, 0.5) is 0 Å². The van der Waals surface area contributed by atoms with Gasteiger partial charge in [-0.3, -0.25) is 9.98 Å². The second kappa shape index (κ2) is 12.1. The van der Waals surface area contributed by atoms with Crippen LogP contribution in [0.25, 0.3) is 0 Å². The first-order chi connectivity index (χ1) is 12.9. The second-order valence-corrected chi connectivity index (χ2v) is 6.83. The number of rotatable bonds is 10. The van der Waals surface area contributed by atoms with Crippen molar-refractivity contribution in [2.45, 2.75) is 41.0 Å². The molecule has 3 nitrogen and oxygen atoms in total. The van der Waals surface area contributed by atoms with Crippen LogP contribution in [-0.2, 0) is 0 Å². The summed E-state index contributed by atoms with van der Waals surface area (Å²) in [6.45, 7) is 15.5. The minimum absolute atomic E-state index is 0.249. The monoisotopic (exact) mass is 366 g/mol. The molecule has 3 heteroatoms. The summed E-state index contributed by atoms with van der Waals surface area (Å²) in [6.07, 6.45) is 9.01. The highest BCUT2D eigenvalue weighted by Gasteiger charge is 2.06. The van der Waals surface area contributed by atoms with Crippen LogP contribution in [0.3, 0.4) is 0 Å². The molecular weight excluding hydrogens is 332 g/mol. The van der Waals surface area contributed by atoms with Gasteiger partial charge in [-0.05, 0) is 73.7 Å². The van der Waals surface area contributed by atoms with Crippen molar-refractivity contribution < 1.29 is 4.74 Å². The zero-order valence-electron chi connectivity index (χ0n) is 17.7. The van der Waals surface area contributed by atoms with Crippen molar-refractivity contribution in [1.29, 1.82) is 0 Å². The van der Waals surface area contributed by atoms with Crippen molar-refractivity contribution in [3.8, 4) is 5.75 Å². The molecule has 1 aromatic rings. The van der Waals surface area contributed by atoms with Gasteiger partial charge in [0.1, 0.15) is 5.75 Å². The third kappa shape index (κ3) is 7.78. The Kier molecular flexibility index (Phi) is 10.1. The van der Waals surface area contributed by atoms with Gasteiger partial charge >= 0.3 is 0 Å². The number of benzene rings is 1. The third-order valence-corrected chi connectivity index (χ3v) is 4.77. The summed E-state index contributed by atoms with van der Waals surface area (Å²) in [6, 6.07) is 7.97. The second-order valence-electron chi connectivity index (χ2n) is 6.83. The number of aliphatic imine (C=N–C) groups is 2. The van der Waals surface area contributed by atoms with E-state index in [1.807, 2.05) is 55.6 Å². The SMILES string of the molecule is C=C(/C=C\N=C(C)C(C)CC)C(C)CN=C(/C=C\C)c1ccc(OC)cc1. The normalized spacial score (nSPS) is 15.3. The van der Waals surface area contributed by atoms with Gasteiger partial charge < -0.3 is 4.74 Å². The van der Waals surface area contributed by atoms with E-state index in [9.17, 15) is 0 Å². The van der Waals surface area contributed by atoms with Crippen LogP contribution in [-0.4, -0.2) is 25.1 Å². The number of allylic oxidation sites excluding steroid dienone is 3. The predicted molar refractivity (Wildman–Crippen MR) is 119 cm³/mol. The molecule has 0 aliphatic carbocycles. The van der Waals surface area contributed by atoms with Gasteiger partial charge in [-0.1, -0.05) is 33.4 Å². The molecule has 2 atom stereocenters. The highest BCUT2D eigenvalue weighted by molar-refractivity contribution is 6.08. The number of ether oxygens (including phenoxy) is 1. The molecule has 0 aliphatic rings. The van der Waals surface area contributed by atoms with Gasteiger partial charge in [0.05, 0.1) is 12.8 Å². The standard InChI is InChI=1S/C24H34N2O/c1-8-10-24(22-11-13-23(27-7)14-12-22)26-17-20(5)19(4)15-16-25-21(6)18(3)9-2/h8,10-16,18,20H,4,9,17H2,1-3,5-7H3/b10-8-,16-15-,25-21?,26-24?. The third-order valence-electron chi connectivity index (χ3n) is 4.77. The number of hydrogen-bond acceptors (Lipinski definition) is 3. The van der Waals surface area contributed by atoms with E-state index in [0.29, 0.717) is 12.5 Å². The summed E-state index contributed by atoms with van der Waals surface area (Å²) in [5.74, 6) is 1.61. The lowest BCUT2D eigenvalue weighted by Crippen LogP contribution is -2.06. The van der Waals surface area contributed by atoms with E-state index >= 15 is 0 Å². The van der Waals surface area contributed by atoms with E-state index in [4.69, 9.17) is 9.73 Å². The first-order valence-corrected chi connectivity index (χ1v) is 9.64. The molecule has 0 radical (unpaired) electrons. The van der Waals surface area contributed by atoms with Crippen LogP contribution in [0.1, 0.15) is 46.6 Å². The van der Waals surface area contributed by atoms with E-state index in [1.54, 1.807) is 7.11 Å². The molecule has 0 bridgehead atoms. The minimum atomic E-state index is 0.249. The molecule has 0 aromatic heterocycles. The Bertz CT molecular complexity index is 708. The van der Waals surface area contributed by atoms with E-state index in [1.165, 1.54) is 0 Å². The smallest absolute Gasteiger partial charge is 0.118 e. The number of nitrogens with zero attached hydrogens (tertiary/aromatic N) is 2. The molecule has 0 aliphatic heterocycles. The highest BCUT2D eigenvalue weighted by Crippen LogP contribution is 2.15. The van der Waals surface area contributed by atoms with Crippen LogP contribution >= 0.6 is 0 Å². The Morgan fingerprint density at radius 2 is 1.81 bits per heavy atom. The summed E-state index contributed by atoms with van der Waals surface area (Å²) >= 11 is 0. The average Bonchev–Trinajstić information content (AvgIpc) is 2.69. The quantitative estimate of drug-likeness (QED) is 0.355. The first kappa shape index (κ1) is 22.6. The van der Waals surface area contributed by atoms with Gasteiger partial charge in [0, 0.05) is 24.4 Å². The average molecular weight is 367 g/mol. The van der Waals surface area contributed by atoms with Gasteiger partial charge in [-0.2, -0.15) is 0 Å². The lowest BCUT2D eigenvalue weighted by Gasteiger charge is -2.10. The molecular formula is C24H34N2O. The fourth-order valence-electron chi connectivity index (χ4n) is 2.35. The van der Waals surface area contributed by atoms with Gasteiger partial charge in [-0.15, -0.1) is 0 Å². The summed E-state index contributed by atoms with van der Waals surface area (Å²) in [5.41, 5.74) is 4.24. The van der Waals surface area contributed by atoms with Crippen LogP contribution in [0.5, 0.6) is 5.75 Å². The maximum Gasteiger partial charge on any atom is 0.118 e. The Morgan fingerprint density at radius 1 is 1.15 bits per heavy atom. The number of methoxy groups -OCH3 is 1. The molecule has 0 heterocycles. The van der Waals surface area contributed by atoms with E-state index < -0.39 is 0 Å². The fraction of sp³-hybridized carbons (Fsp3) is 0.417. The lowest BCUT2D eigenvalue weighted by atomic mass is 10.0. The zero-order valence-corrected chi connectivity index (χ0v) is 17.7. The van der Waals surface area contributed by atoms with E-state index in [0.717, 1.165) is 34.7 Å². The molecule has 146 valence electrons. The summed E-state index contributed by atoms with van der Waals surface area (Å²) in [4.78, 5) is 9.33. The van der Waals surface area contributed by atoms with Crippen molar-refractivity contribution in [3.05, 3.63) is 66.4 Å². The molecule has 2 unspecified atom stereocenters. The molecule has 0 saturated heterocycles. The van der Waals surface area contributed by atoms with Gasteiger partial charge in [-0.25, -0.2) is 0 Å². The molecule has 1 rings (SSSR count). The predicted octanol–water partition coefficient (Wildman–Crippen LogP) is 6.27. The lowest BCUT2D eigenvalue weighted by molar-refractivity contribution is 0.415. The minimum Gasteiger partial charge on any atom is -0.497 e. The maximum atomic E-state index is 5.23. The van der Waals surface area contributed by atoms with Crippen molar-refractivity contribution in [2.75, 3.05) is 13.7 Å². The van der Waals surface area contributed by atoms with Gasteiger partial charge in [0.15, 0.2) is 0 Å². The summed E-state index contributed by atoms with van der Waals surface area (Å²) in [7, 11) is 1.67. The molecule has 27 heavy (non-hydrogen) atoms. The Morgan fingerprint density at radius 3 is 2.37 bits per heavy atom. The Labute approximate surface area is 165 Å². The van der Waals surface area contributed by atoms with Crippen molar-refractivity contribution >= 4 is 11.4 Å². The van der Waals surface area contributed by atoms with Crippen molar-refractivity contribution in [1.82, 2.24) is 0 Å². The molecule has 0 fully saturated rings. The van der Waals surface area contributed by atoms with Gasteiger partial charge in [0.2, 0.25) is 0 Å². The fourth-order valence-corrected chi connectivity index (χ4v) is 2.35. The maximum absolute atomic E-state index is 5.23. The highest BCUT2D eigenvalue weighted by atomic mass is 16.5. The van der Waals surface area contributed by atoms with Gasteiger partial charge in [0.25, 0.3) is 0 Å². The van der Waals surface area contributed by atoms with Crippen LogP contribution in [0, 0.1) is 11.8 Å². The van der Waals surface area contributed by atoms with Crippen molar-refractivity contribution in [3.63, 3.8) is 0 Å². The Hall–Kier alpha value is -2.42. The van der Waals surface area contributed by atoms with Crippen molar-refractivity contribution in [2.24, 2.45) is 21.8 Å². The first-order valence-electron chi connectivity index (χ1n) is 9.64. The zero-order chi connectivity index (χ0) is 20.2. The summed E-state index contributed by atoms with van der Waals surface area (Å²) in [5, 5.41) is 0. The number of hydrogen-bond donors (Lipinski definition) is 0. The van der Waals surface area contributed by atoms with Crippen LogP contribution in [0.2, 0.25) is 0 Å². The topological polar surface area (TPSA) is 34.0 Å². The Balaban J connectivity index is 2.79. The van der Waals surface area contributed by atoms with Crippen LogP contribution < -0.4 is 4.74 Å². The summed E-state index contributed by atoms with van der Waals surface area (Å²) < 4.78 is 5.23. The van der Waals surface area contributed by atoms with E-state index in [2.05, 4.69) is 39.3 Å². The molecule has 0 amide bonds. The molecule has 0 N–H and O–H groups in total. The largest absolute Gasteiger partial charge is 0.497 e. The van der Waals surface area contributed by atoms with E-state index in [-0.39, 0.29) is 5.92 Å².